The first-order valence-electron chi connectivity index (χ1n) is 13.4. The summed E-state index contributed by atoms with van der Waals surface area (Å²) in [6, 6.07) is 5.41. The Kier molecular flexibility index (Phi) is 8.98. The largest absolute Gasteiger partial charge is 0.452 e. The maximum absolute atomic E-state index is 13.5. The number of esters is 1. The van der Waals surface area contributed by atoms with E-state index in [9.17, 15) is 24.0 Å². The van der Waals surface area contributed by atoms with Crippen molar-refractivity contribution in [2.24, 2.45) is 0 Å². The molecule has 3 heterocycles. The van der Waals surface area contributed by atoms with Gasteiger partial charge in [-0.3, -0.25) is 24.0 Å². The molecule has 38 heavy (non-hydrogen) atoms. The van der Waals surface area contributed by atoms with Crippen molar-refractivity contribution in [2.45, 2.75) is 95.1 Å². The quantitative estimate of drug-likeness (QED) is 0.369. The van der Waals surface area contributed by atoms with Crippen LogP contribution in [-0.2, 0) is 35.3 Å². The first-order valence-corrected chi connectivity index (χ1v) is 13.4. The second-order valence-electron chi connectivity index (χ2n) is 10.3. The lowest BCUT2D eigenvalue weighted by molar-refractivity contribution is -0.146. The van der Waals surface area contributed by atoms with Crippen LogP contribution in [0.2, 0.25) is 0 Å². The van der Waals surface area contributed by atoms with Gasteiger partial charge in [-0.25, -0.2) is 0 Å². The number of cyclic esters (lactones) is 1. The molecule has 1 aromatic carbocycles. The number of anilines is 1. The average Bonchev–Trinajstić information content (AvgIpc) is 3.53. The van der Waals surface area contributed by atoms with E-state index in [4.69, 9.17) is 4.74 Å². The first-order chi connectivity index (χ1) is 18.3. The van der Waals surface area contributed by atoms with E-state index in [-0.39, 0.29) is 48.6 Å². The fraction of sp³-hybridized carbons (Fsp3) is 0.593. The summed E-state index contributed by atoms with van der Waals surface area (Å²) in [5.74, 6) is -1.42. The van der Waals surface area contributed by atoms with Crippen molar-refractivity contribution in [1.29, 1.82) is 0 Å². The monoisotopic (exact) mass is 527 g/mol. The van der Waals surface area contributed by atoms with Crippen LogP contribution in [0.3, 0.4) is 0 Å². The smallest absolute Gasteiger partial charge is 0.306 e. The van der Waals surface area contributed by atoms with Crippen LogP contribution in [0.5, 0.6) is 0 Å². The van der Waals surface area contributed by atoms with Gasteiger partial charge in [0.05, 0.1) is 6.04 Å². The summed E-state index contributed by atoms with van der Waals surface area (Å²) in [6.07, 6.45) is 4.32. The van der Waals surface area contributed by atoms with E-state index in [2.05, 4.69) is 21.3 Å². The Balaban J connectivity index is 1.37. The molecule has 5 unspecified atom stereocenters. The van der Waals surface area contributed by atoms with Crippen molar-refractivity contribution < 1.29 is 28.7 Å². The second-order valence-corrected chi connectivity index (χ2v) is 10.3. The Hall–Kier alpha value is -3.47. The summed E-state index contributed by atoms with van der Waals surface area (Å²) in [5, 5.41) is 11.5. The minimum absolute atomic E-state index is 0.0112. The molecular weight excluding hydrogens is 490 g/mol. The molecule has 3 saturated heterocycles. The summed E-state index contributed by atoms with van der Waals surface area (Å²) in [7, 11) is 1.69. The third kappa shape index (κ3) is 6.50. The van der Waals surface area contributed by atoms with Crippen molar-refractivity contribution in [3.05, 3.63) is 29.8 Å². The number of fused-ring (bicyclic) bond motifs is 1. The Morgan fingerprint density at radius 3 is 2.58 bits per heavy atom. The van der Waals surface area contributed by atoms with Gasteiger partial charge < -0.3 is 30.9 Å². The molecule has 1 aromatic rings. The maximum Gasteiger partial charge on any atom is 0.306 e. The first kappa shape index (κ1) is 27.6. The van der Waals surface area contributed by atoms with Gasteiger partial charge in [0, 0.05) is 31.1 Å². The minimum atomic E-state index is -0.786. The Labute approximate surface area is 222 Å². The maximum atomic E-state index is 13.5. The van der Waals surface area contributed by atoms with E-state index in [1.807, 2.05) is 6.07 Å². The molecule has 0 radical (unpaired) electrons. The fourth-order valence-electron chi connectivity index (χ4n) is 5.35. The molecule has 11 heteroatoms. The second kappa shape index (κ2) is 12.4. The summed E-state index contributed by atoms with van der Waals surface area (Å²) in [4.78, 5) is 64.6. The van der Waals surface area contributed by atoms with Gasteiger partial charge in [0.15, 0.2) is 6.10 Å². The molecule has 0 saturated carbocycles. The van der Waals surface area contributed by atoms with Crippen LogP contribution in [-0.4, -0.2) is 71.8 Å². The average molecular weight is 528 g/mol. The number of rotatable bonds is 8. The molecule has 0 aliphatic carbocycles. The van der Waals surface area contributed by atoms with E-state index in [0.29, 0.717) is 24.9 Å². The van der Waals surface area contributed by atoms with E-state index in [1.54, 1.807) is 37.1 Å². The number of carbonyl (C=O) groups is 5. The van der Waals surface area contributed by atoms with Crippen LogP contribution in [0.4, 0.5) is 5.69 Å². The topological polar surface area (TPSA) is 146 Å². The van der Waals surface area contributed by atoms with Gasteiger partial charge in [-0.1, -0.05) is 25.0 Å². The number of likely N-dealkylation sites (N-methyl/N-ethyl adjacent to an activating group) is 1. The Morgan fingerprint density at radius 1 is 1.05 bits per heavy atom. The lowest BCUT2D eigenvalue weighted by Crippen LogP contribution is -2.57. The molecule has 4 N–H and O–H groups in total. The number of ether oxygens (including phenoxy) is 1. The molecule has 5 atom stereocenters. The fourth-order valence-corrected chi connectivity index (χ4v) is 5.35. The van der Waals surface area contributed by atoms with E-state index in [1.165, 1.54) is 0 Å². The van der Waals surface area contributed by atoms with Crippen LogP contribution < -0.4 is 21.3 Å². The number of nitrogens with one attached hydrogen (secondary N) is 4. The zero-order valence-electron chi connectivity index (χ0n) is 22.0. The number of nitrogens with zero attached hydrogens (tertiary/aromatic N) is 1. The Bertz CT molecular complexity index is 1080. The van der Waals surface area contributed by atoms with Crippen LogP contribution in [0.1, 0.15) is 63.9 Å². The summed E-state index contributed by atoms with van der Waals surface area (Å²) >= 11 is 0. The van der Waals surface area contributed by atoms with Crippen molar-refractivity contribution in [2.75, 3.05) is 12.4 Å². The number of hydrogen-bond donors (Lipinski definition) is 4. The van der Waals surface area contributed by atoms with Gasteiger partial charge in [-0.05, 0) is 57.4 Å². The lowest BCUT2D eigenvalue weighted by atomic mass is 9.98. The number of carbonyl (C=O) groups excluding carboxylic acids is 5. The molecule has 3 aliphatic rings. The van der Waals surface area contributed by atoms with E-state index in [0.717, 1.165) is 31.2 Å². The van der Waals surface area contributed by atoms with Gasteiger partial charge in [-0.15, -0.1) is 0 Å². The van der Waals surface area contributed by atoms with Gasteiger partial charge in [0.25, 0.3) is 5.91 Å². The lowest BCUT2D eigenvalue weighted by Gasteiger charge is -2.35. The number of amides is 4. The number of hydrogen-bond acceptors (Lipinski definition) is 7. The Morgan fingerprint density at radius 2 is 1.84 bits per heavy atom. The highest BCUT2D eigenvalue weighted by atomic mass is 16.6. The predicted octanol–water partition coefficient (Wildman–Crippen LogP) is 0.973. The summed E-state index contributed by atoms with van der Waals surface area (Å²) in [6.45, 7) is 1.96. The van der Waals surface area contributed by atoms with Crippen molar-refractivity contribution >= 4 is 35.3 Å². The summed E-state index contributed by atoms with van der Waals surface area (Å²) in [5.41, 5.74) is 1.32. The van der Waals surface area contributed by atoms with Gasteiger partial charge in [-0.2, -0.15) is 0 Å². The highest BCUT2D eigenvalue weighted by molar-refractivity contribution is 5.97. The predicted molar refractivity (Wildman–Crippen MR) is 139 cm³/mol. The molecule has 3 aliphatic heterocycles. The molecule has 3 fully saturated rings. The summed E-state index contributed by atoms with van der Waals surface area (Å²) < 4.78 is 5.01. The molecule has 4 rings (SSSR count). The highest BCUT2D eigenvalue weighted by Gasteiger charge is 2.43. The molecular formula is C27H37N5O6. The molecule has 206 valence electrons. The van der Waals surface area contributed by atoms with Crippen LogP contribution in [0, 0.1) is 0 Å². The van der Waals surface area contributed by atoms with Crippen LogP contribution in [0.15, 0.2) is 24.3 Å². The highest BCUT2D eigenvalue weighted by Crippen LogP contribution is 2.31. The third-order valence-corrected chi connectivity index (χ3v) is 7.62. The molecule has 0 bridgehead atoms. The van der Waals surface area contributed by atoms with Crippen molar-refractivity contribution in [3.63, 3.8) is 0 Å². The SMILES string of the molecule is CNC(C)C(=O)NC1CCCCC2CCC(C(=O)NCc3cccc(NC(=O)C4CCC(=O)O4)c3)N2C1=O. The number of benzene rings is 1. The molecule has 4 amide bonds. The van der Waals surface area contributed by atoms with Crippen molar-refractivity contribution in [1.82, 2.24) is 20.9 Å². The van der Waals surface area contributed by atoms with Crippen LogP contribution in [0.25, 0.3) is 0 Å². The van der Waals surface area contributed by atoms with Gasteiger partial charge >= 0.3 is 5.97 Å². The van der Waals surface area contributed by atoms with Gasteiger partial charge in [0.1, 0.15) is 12.1 Å². The molecule has 11 nitrogen and oxygen atoms in total. The van der Waals surface area contributed by atoms with E-state index >= 15 is 0 Å². The van der Waals surface area contributed by atoms with Gasteiger partial charge in [0.2, 0.25) is 17.7 Å². The molecule has 0 spiro atoms. The molecule has 0 aromatic heterocycles. The van der Waals surface area contributed by atoms with Crippen molar-refractivity contribution in [3.8, 4) is 0 Å². The minimum Gasteiger partial charge on any atom is -0.452 e. The third-order valence-electron chi connectivity index (χ3n) is 7.62. The zero-order chi connectivity index (χ0) is 27.2. The standard InChI is InChI=1S/C27H37N5O6/c1-16(28-2)24(34)31-20-9-4-3-8-19-10-11-21(32(19)27(20)37)25(35)29-15-17-6-5-7-18(14-17)30-26(36)22-12-13-23(33)38-22/h5-7,14,16,19-22,28H,3-4,8-13,15H2,1-2H3,(H,29,35)(H,30,36)(H,31,34). The normalized spacial score (nSPS) is 26.0. The zero-order valence-corrected chi connectivity index (χ0v) is 22.0. The van der Waals surface area contributed by atoms with E-state index < -0.39 is 24.2 Å². The van der Waals surface area contributed by atoms with Crippen LogP contribution >= 0.6 is 0 Å².